The average molecular weight is 396 g/mol. The Morgan fingerprint density at radius 2 is 1.39 bits per heavy atom. The average Bonchev–Trinajstić information content (AvgIpc) is 3.22. The van der Waals surface area contributed by atoms with Gasteiger partial charge in [0, 0.05) is 16.7 Å². The molecular weight excluding hydrogens is 362 g/mol. The van der Waals surface area contributed by atoms with E-state index in [1.807, 2.05) is 7.05 Å². The monoisotopic (exact) mass is 395 g/mol. The molecule has 1 aromatic heterocycles. The van der Waals surface area contributed by atoms with Crippen molar-refractivity contribution < 1.29 is 4.74 Å². The summed E-state index contributed by atoms with van der Waals surface area (Å²) in [5.74, 6) is 1.07. The number of aryl methyl sites for hydroxylation is 3. The fourth-order valence-electron chi connectivity index (χ4n) is 4.19. The second-order valence-electron chi connectivity index (χ2n) is 7.97. The normalized spacial score (nSPS) is 12.6. The Balaban J connectivity index is 2.28. The number of thiophene rings is 1. The van der Waals surface area contributed by atoms with Crippen molar-refractivity contribution in [3.63, 3.8) is 0 Å². The van der Waals surface area contributed by atoms with E-state index in [1.54, 1.807) is 11.3 Å². The van der Waals surface area contributed by atoms with Gasteiger partial charge in [-0.3, -0.25) is 0 Å². The lowest BCUT2D eigenvalue weighted by Gasteiger charge is -2.26. The van der Waals surface area contributed by atoms with Gasteiger partial charge in [-0.25, -0.2) is 0 Å². The van der Waals surface area contributed by atoms with Crippen LogP contribution in [-0.2, 0) is 0 Å². The van der Waals surface area contributed by atoms with E-state index in [4.69, 9.17) is 4.74 Å². The Bertz CT molecular complexity index is 994. The van der Waals surface area contributed by atoms with E-state index in [0.717, 1.165) is 18.7 Å². The molecule has 0 aliphatic carbocycles. The van der Waals surface area contributed by atoms with Crippen molar-refractivity contribution in [2.45, 2.75) is 61.0 Å². The summed E-state index contributed by atoms with van der Waals surface area (Å²) < 4.78 is 6.84. The molecule has 1 unspecified atom stereocenters. The van der Waals surface area contributed by atoms with E-state index in [0.29, 0.717) is 0 Å². The minimum atomic E-state index is 0.0674. The summed E-state index contributed by atoms with van der Waals surface area (Å²) in [4.78, 5) is 1.29. The van der Waals surface area contributed by atoms with Crippen LogP contribution < -0.4 is 10.1 Å². The summed E-state index contributed by atoms with van der Waals surface area (Å²) in [5.41, 5.74) is 9.48. The molecule has 0 aliphatic rings. The van der Waals surface area contributed by atoms with Gasteiger partial charge in [0.15, 0.2) is 0 Å². The van der Waals surface area contributed by atoms with Gasteiger partial charge in [0.1, 0.15) is 11.9 Å². The van der Waals surface area contributed by atoms with Gasteiger partial charge in [-0.1, -0.05) is 6.07 Å². The number of hydrogen-bond donors (Lipinski definition) is 1. The van der Waals surface area contributed by atoms with Crippen LogP contribution in [0, 0.1) is 48.5 Å². The first-order valence-electron chi connectivity index (χ1n) is 10.1. The van der Waals surface area contributed by atoms with Crippen molar-refractivity contribution in [3.05, 3.63) is 61.3 Å². The zero-order chi connectivity index (χ0) is 20.6. The van der Waals surface area contributed by atoms with Crippen molar-refractivity contribution >= 4 is 22.1 Å². The van der Waals surface area contributed by atoms with Crippen LogP contribution in [0.1, 0.15) is 56.3 Å². The van der Waals surface area contributed by atoms with E-state index >= 15 is 0 Å². The van der Waals surface area contributed by atoms with Crippen molar-refractivity contribution in [3.8, 4) is 5.75 Å². The summed E-state index contributed by atoms with van der Waals surface area (Å²) in [6, 6.07) is 4.31. The lowest BCUT2D eigenvalue weighted by molar-refractivity contribution is 0.200. The Kier molecular flexibility index (Phi) is 6.16. The maximum atomic E-state index is 6.84. The van der Waals surface area contributed by atoms with E-state index in [9.17, 15) is 0 Å². The molecule has 1 N–H and O–H groups in total. The first-order valence-corrected chi connectivity index (χ1v) is 11.0. The Morgan fingerprint density at radius 3 is 1.93 bits per heavy atom. The van der Waals surface area contributed by atoms with Crippen molar-refractivity contribution in [2.75, 3.05) is 13.6 Å². The summed E-state index contributed by atoms with van der Waals surface area (Å²) in [6.07, 6.45) is 1.02. The first-order chi connectivity index (χ1) is 13.3. The Labute approximate surface area is 173 Å². The zero-order valence-electron chi connectivity index (χ0n) is 18.5. The fourth-order valence-corrected chi connectivity index (χ4v) is 4.98. The number of benzene rings is 2. The van der Waals surface area contributed by atoms with Gasteiger partial charge in [-0.2, -0.15) is 0 Å². The fraction of sp³-hybridized carbons (Fsp3) is 0.440. The van der Waals surface area contributed by atoms with Crippen LogP contribution in [0.5, 0.6) is 5.75 Å². The molecule has 3 rings (SSSR count). The van der Waals surface area contributed by atoms with Crippen molar-refractivity contribution in [1.82, 2.24) is 5.32 Å². The number of ether oxygens (including phenoxy) is 1. The van der Waals surface area contributed by atoms with Gasteiger partial charge in [0.25, 0.3) is 0 Å². The highest BCUT2D eigenvalue weighted by Gasteiger charge is 2.23. The van der Waals surface area contributed by atoms with Crippen LogP contribution in [0.25, 0.3) is 10.8 Å². The summed E-state index contributed by atoms with van der Waals surface area (Å²) in [6.45, 7) is 16.6. The molecule has 1 heterocycles. The van der Waals surface area contributed by atoms with Gasteiger partial charge in [-0.15, -0.1) is 11.3 Å². The third-order valence-corrected chi connectivity index (χ3v) is 7.50. The molecule has 2 aromatic carbocycles. The minimum absolute atomic E-state index is 0.0674. The summed E-state index contributed by atoms with van der Waals surface area (Å²) in [7, 11) is 2.00. The van der Waals surface area contributed by atoms with E-state index in [1.165, 1.54) is 54.6 Å². The number of fused-ring (bicyclic) bond motifs is 1. The maximum absolute atomic E-state index is 6.84. The maximum Gasteiger partial charge on any atom is 0.134 e. The quantitative estimate of drug-likeness (QED) is 0.496. The number of hydrogen-bond acceptors (Lipinski definition) is 3. The first kappa shape index (κ1) is 20.9. The van der Waals surface area contributed by atoms with E-state index in [2.05, 4.69) is 71.3 Å². The molecule has 0 saturated heterocycles. The molecule has 0 radical (unpaired) electrons. The molecule has 150 valence electrons. The van der Waals surface area contributed by atoms with Crippen LogP contribution in [0.4, 0.5) is 0 Å². The molecule has 3 heteroatoms. The molecule has 28 heavy (non-hydrogen) atoms. The highest BCUT2D eigenvalue weighted by molar-refractivity contribution is 7.10. The molecule has 0 fully saturated rings. The molecule has 0 aliphatic heterocycles. The zero-order valence-corrected chi connectivity index (χ0v) is 19.4. The highest BCUT2D eigenvalue weighted by atomic mass is 32.1. The van der Waals surface area contributed by atoms with Gasteiger partial charge >= 0.3 is 0 Å². The third kappa shape index (κ3) is 3.46. The third-order valence-electron chi connectivity index (χ3n) is 6.53. The van der Waals surface area contributed by atoms with Crippen LogP contribution in [0.3, 0.4) is 0 Å². The van der Waals surface area contributed by atoms with Crippen LogP contribution in [-0.4, -0.2) is 13.6 Å². The Hall–Kier alpha value is -1.84. The molecular formula is C25H33NOS. The lowest BCUT2D eigenvalue weighted by Crippen LogP contribution is -2.16. The lowest BCUT2D eigenvalue weighted by atomic mass is 9.85. The van der Waals surface area contributed by atoms with Gasteiger partial charge in [0.05, 0.1) is 0 Å². The predicted octanol–water partition coefficient (Wildman–Crippen LogP) is 6.79. The molecule has 0 bridgehead atoms. The Morgan fingerprint density at radius 1 is 0.821 bits per heavy atom. The number of nitrogens with one attached hydrogen (secondary N) is 1. The second kappa shape index (κ2) is 8.26. The molecule has 3 aromatic rings. The van der Waals surface area contributed by atoms with Crippen molar-refractivity contribution in [1.29, 1.82) is 0 Å². The second-order valence-corrected chi connectivity index (χ2v) is 8.95. The standard InChI is InChI=1S/C25H33NOS/c1-14-15(2)19(6)24-23(17(14)4)18(5)16(3)20(7)25(24)27-21(11-12-26-8)22-10-9-13-28-22/h9-10,13,21,26H,11-12H2,1-8H3. The molecule has 0 saturated carbocycles. The highest BCUT2D eigenvalue weighted by Crippen LogP contribution is 2.43. The predicted molar refractivity (Wildman–Crippen MR) is 123 cm³/mol. The van der Waals surface area contributed by atoms with E-state index < -0.39 is 0 Å². The van der Waals surface area contributed by atoms with Crippen LogP contribution in [0.15, 0.2) is 17.5 Å². The van der Waals surface area contributed by atoms with Gasteiger partial charge in [0.2, 0.25) is 0 Å². The van der Waals surface area contributed by atoms with Crippen LogP contribution in [0.2, 0.25) is 0 Å². The SMILES string of the molecule is CNCCC(Oc1c(C)c(C)c(C)c2c(C)c(C)c(C)c(C)c12)c1cccs1. The summed E-state index contributed by atoms with van der Waals surface area (Å²) >= 11 is 1.78. The number of rotatable bonds is 6. The van der Waals surface area contributed by atoms with Crippen LogP contribution >= 0.6 is 11.3 Å². The van der Waals surface area contributed by atoms with Gasteiger partial charge < -0.3 is 10.1 Å². The van der Waals surface area contributed by atoms with E-state index in [-0.39, 0.29) is 6.10 Å². The molecule has 0 amide bonds. The smallest absolute Gasteiger partial charge is 0.134 e. The molecule has 2 nitrogen and oxygen atoms in total. The minimum Gasteiger partial charge on any atom is -0.484 e. The molecule has 1 atom stereocenters. The molecule has 0 spiro atoms. The largest absolute Gasteiger partial charge is 0.484 e. The van der Waals surface area contributed by atoms with Gasteiger partial charge in [-0.05, 0) is 118 Å². The summed E-state index contributed by atoms with van der Waals surface area (Å²) in [5, 5.41) is 8.09. The van der Waals surface area contributed by atoms with Crippen molar-refractivity contribution in [2.24, 2.45) is 0 Å². The topological polar surface area (TPSA) is 21.3 Å².